The first-order valence-electron chi connectivity index (χ1n) is 8.14. The van der Waals surface area contributed by atoms with E-state index in [0.717, 1.165) is 0 Å². The summed E-state index contributed by atoms with van der Waals surface area (Å²) in [5.41, 5.74) is 1.49. The number of sulfonamides is 1. The predicted octanol–water partition coefficient (Wildman–Crippen LogP) is 5.59. The molecule has 4 nitrogen and oxygen atoms in total. The second kappa shape index (κ2) is 7.80. The van der Waals surface area contributed by atoms with Crippen molar-refractivity contribution in [2.24, 2.45) is 0 Å². The number of hydrogen-bond acceptors (Lipinski definition) is 3. The van der Waals surface area contributed by atoms with E-state index in [1.165, 1.54) is 4.31 Å². The maximum absolute atomic E-state index is 13.4. The third kappa shape index (κ3) is 3.90. The molecule has 3 rings (SSSR count). The van der Waals surface area contributed by atoms with Gasteiger partial charge in [-0.1, -0.05) is 59.6 Å². The maximum Gasteiger partial charge on any atom is 0.268 e. The molecular weight excluding hydrogens is 403 g/mol. The van der Waals surface area contributed by atoms with Gasteiger partial charge >= 0.3 is 0 Å². The van der Waals surface area contributed by atoms with Gasteiger partial charge in [-0.25, -0.2) is 12.7 Å². The number of rotatable bonds is 5. The lowest BCUT2D eigenvalue weighted by Crippen LogP contribution is -2.26. The topological polar surface area (TPSA) is 40.6 Å². The quantitative estimate of drug-likeness (QED) is 0.540. The Morgan fingerprint density at radius 2 is 1.22 bits per heavy atom. The van der Waals surface area contributed by atoms with Crippen molar-refractivity contribution in [3.8, 4) is 0 Å². The van der Waals surface area contributed by atoms with Crippen LogP contribution in [0.2, 0.25) is 10.0 Å². The molecule has 0 saturated carbocycles. The molecule has 0 spiro atoms. The van der Waals surface area contributed by atoms with Crippen LogP contribution in [0.5, 0.6) is 0 Å². The van der Waals surface area contributed by atoms with Gasteiger partial charge in [0.1, 0.15) is 0 Å². The van der Waals surface area contributed by atoms with E-state index in [0.29, 0.717) is 27.1 Å². The molecule has 0 aromatic heterocycles. The van der Waals surface area contributed by atoms with Crippen LogP contribution in [0.1, 0.15) is 0 Å². The SMILES string of the molecule is CN(C)c1c(Cl)cc(N(c2ccccc2)S(=O)(=O)c2ccccc2)cc1Cl. The van der Waals surface area contributed by atoms with Crippen LogP contribution in [-0.4, -0.2) is 22.5 Å². The largest absolute Gasteiger partial charge is 0.375 e. The Balaban J connectivity index is 2.24. The summed E-state index contributed by atoms with van der Waals surface area (Å²) in [6.07, 6.45) is 0. The fourth-order valence-electron chi connectivity index (χ4n) is 2.78. The Hall–Kier alpha value is -2.21. The van der Waals surface area contributed by atoms with Crippen LogP contribution in [0.4, 0.5) is 17.1 Å². The third-order valence-electron chi connectivity index (χ3n) is 3.96. The van der Waals surface area contributed by atoms with Crippen molar-refractivity contribution in [2.75, 3.05) is 23.3 Å². The van der Waals surface area contributed by atoms with Gasteiger partial charge in [-0.2, -0.15) is 0 Å². The van der Waals surface area contributed by atoms with E-state index >= 15 is 0 Å². The summed E-state index contributed by atoms with van der Waals surface area (Å²) in [6, 6.07) is 20.3. The summed E-state index contributed by atoms with van der Waals surface area (Å²) in [4.78, 5) is 1.96. The van der Waals surface area contributed by atoms with E-state index in [9.17, 15) is 8.42 Å². The zero-order valence-electron chi connectivity index (χ0n) is 14.8. The molecule has 0 N–H and O–H groups in total. The highest BCUT2D eigenvalue weighted by Gasteiger charge is 2.28. The standard InChI is InChI=1S/C20H18Cl2N2O2S/c1-23(2)20-18(21)13-16(14-19(20)22)24(15-9-5-3-6-10-15)27(25,26)17-11-7-4-8-12-17/h3-14H,1-2H3. The molecule has 140 valence electrons. The molecule has 0 atom stereocenters. The molecule has 0 aliphatic rings. The Labute approximate surface area is 169 Å². The van der Waals surface area contributed by atoms with E-state index in [-0.39, 0.29) is 4.90 Å². The van der Waals surface area contributed by atoms with Crippen molar-refractivity contribution in [3.63, 3.8) is 0 Å². The van der Waals surface area contributed by atoms with Gasteiger partial charge in [0.15, 0.2) is 0 Å². The van der Waals surface area contributed by atoms with Gasteiger partial charge in [0.05, 0.1) is 32.0 Å². The Bertz CT molecular complexity index is 1020. The predicted molar refractivity (Wildman–Crippen MR) is 113 cm³/mol. The first-order valence-corrected chi connectivity index (χ1v) is 10.3. The highest BCUT2D eigenvalue weighted by atomic mass is 35.5. The maximum atomic E-state index is 13.4. The van der Waals surface area contributed by atoms with Crippen molar-refractivity contribution in [1.82, 2.24) is 0 Å². The molecule has 0 bridgehead atoms. The van der Waals surface area contributed by atoms with Crippen molar-refractivity contribution in [2.45, 2.75) is 4.90 Å². The number of para-hydroxylation sites is 1. The average molecular weight is 421 g/mol. The van der Waals surface area contributed by atoms with E-state index in [2.05, 4.69) is 0 Å². The fraction of sp³-hybridized carbons (Fsp3) is 0.100. The lowest BCUT2D eigenvalue weighted by molar-refractivity contribution is 0.596. The number of hydrogen-bond donors (Lipinski definition) is 0. The molecule has 0 amide bonds. The molecule has 0 unspecified atom stereocenters. The minimum Gasteiger partial charge on any atom is -0.375 e. The van der Waals surface area contributed by atoms with Gasteiger partial charge in [0, 0.05) is 14.1 Å². The third-order valence-corrected chi connectivity index (χ3v) is 6.30. The highest BCUT2D eigenvalue weighted by Crippen LogP contribution is 2.40. The number of benzene rings is 3. The van der Waals surface area contributed by atoms with Crippen molar-refractivity contribution >= 4 is 50.3 Å². The zero-order valence-corrected chi connectivity index (χ0v) is 17.1. The lowest BCUT2D eigenvalue weighted by atomic mass is 10.2. The Morgan fingerprint density at radius 3 is 1.70 bits per heavy atom. The minimum absolute atomic E-state index is 0.179. The van der Waals surface area contributed by atoms with Gasteiger partial charge in [-0.05, 0) is 36.4 Å². The Kier molecular flexibility index (Phi) is 5.65. The molecule has 0 radical (unpaired) electrons. The van der Waals surface area contributed by atoms with E-state index in [1.807, 2.05) is 20.2 Å². The average Bonchev–Trinajstić information content (AvgIpc) is 2.62. The van der Waals surface area contributed by atoms with Crippen LogP contribution in [0.25, 0.3) is 0 Å². The molecule has 7 heteroatoms. The van der Waals surface area contributed by atoms with Crippen LogP contribution in [0, 0.1) is 0 Å². The van der Waals surface area contributed by atoms with Crippen LogP contribution < -0.4 is 9.21 Å². The van der Waals surface area contributed by atoms with Gasteiger partial charge in [-0.3, -0.25) is 0 Å². The van der Waals surface area contributed by atoms with Crippen molar-refractivity contribution in [3.05, 3.63) is 82.8 Å². The van der Waals surface area contributed by atoms with Crippen LogP contribution in [0.15, 0.2) is 77.7 Å². The molecule has 3 aromatic carbocycles. The van der Waals surface area contributed by atoms with Gasteiger partial charge in [0.25, 0.3) is 10.0 Å². The zero-order chi connectivity index (χ0) is 19.6. The van der Waals surface area contributed by atoms with Crippen LogP contribution in [-0.2, 0) is 10.0 Å². The fourth-order valence-corrected chi connectivity index (χ4v) is 5.09. The second-order valence-electron chi connectivity index (χ2n) is 6.07. The first kappa shape index (κ1) is 19.5. The molecule has 0 fully saturated rings. The van der Waals surface area contributed by atoms with Crippen LogP contribution >= 0.6 is 23.2 Å². The summed E-state index contributed by atoms with van der Waals surface area (Å²) in [6.45, 7) is 0. The summed E-state index contributed by atoms with van der Waals surface area (Å²) < 4.78 is 28.1. The van der Waals surface area contributed by atoms with E-state index < -0.39 is 10.0 Å². The van der Waals surface area contributed by atoms with Gasteiger partial charge < -0.3 is 4.90 Å². The lowest BCUT2D eigenvalue weighted by Gasteiger charge is -2.26. The summed E-state index contributed by atoms with van der Waals surface area (Å²) >= 11 is 12.8. The van der Waals surface area contributed by atoms with Crippen molar-refractivity contribution < 1.29 is 8.42 Å². The smallest absolute Gasteiger partial charge is 0.268 e. The minimum atomic E-state index is -3.87. The van der Waals surface area contributed by atoms with Gasteiger partial charge in [-0.15, -0.1) is 0 Å². The van der Waals surface area contributed by atoms with Crippen LogP contribution in [0.3, 0.4) is 0 Å². The van der Waals surface area contributed by atoms with E-state index in [4.69, 9.17) is 23.2 Å². The molecule has 27 heavy (non-hydrogen) atoms. The summed E-state index contributed by atoms with van der Waals surface area (Å²) in [5, 5.41) is 0.735. The Morgan fingerprint density at radius 1 is 0.741 bits per heavy atom. The molecule has 0 heterocycles. The molecule has 0 aliphatic carbocycles. The number of nitrogens with zero attached hydrogens (tertiary/aromatic N) is 2. The normalized spacial score (nSPS) is 11.3. The monoisotopic (exact) mass is 420 g/mol. The van der Waals surface area contributed by atoms with Crippen molar-refractivity contribution in [1.29, 1.82) is 0 Å². The first-order chi connectivity index (χ1) is 12.8. The molecule has 0 aliphatic heterocycles. The second-order valence-corrected chi connectivity index (χ2v) is 8.67. The highest BCUT2D eigenvalue weighted by molar-refractivity contribution is 7.93. The molecule has 0 saturated heterocycles. The van der Waals surface area contributed by atoms with E-state index in [1.54, 1.807) is 71.6 Å². The number of halogens is 2. The number of anilines is 3. The van der Waals surface area contributed by atoms with Gasteiger partial charge in [0.2, 0.25) is 0 Å². The molecular formula is C20H18Cl2N2O2S. The summed E-state index contributed by atoms with van der Waals surface area (Å²) in [7, 11) is -0.228. The summed E-state index contributed by atoms with van der Waals surface area (Å²) in [5.74, 6) is 0. The molecule has 3 aromatic rings.